The maximum atomic E-state index is 14.3. The van der Waals surface area contributed by atoms with Crippen molar-refractivity contribution in [3.8, 4) is 17.2 Å². The lowest BCUT2D eigenvalue weighted by Crippen LogP contribution is -2.60. The van der Waals surface area contributed by atoms with E-state index < -0.39 is 128 Å². The normalized spacial score (nSPS) is 13.3. The second-order valence-corrected chi connectivity index (χ2v) is 17.3. The molecule has 0 aliphatic heterocycles. The summed E-state index contributed by atoms with van der Waals surface area (Å²) in [5.74, 6) is -11.9. The van der Waals surface area contributed by atoms with Gasteiger partial charge in [0.05, 0.1) is 0 Å². The number of hydrogen-bond donors (Lipinski definition) is 13. The standard InChI is InChI=1S/C50H64N6O17/c1-2-3-4-5-6-7-41(60)51-35(20-23-42(61)62)45(67)54-38(26-29-8-14-32(57)15-9-29)48(70)52-36(21-24-43(63)64)46(68)55-39(27-30-10-16-33(58)17-11-30)49(71)53-37(22-25-44(65)66)47(69)56-40(50(72)73)28-31-12-18-34(59)19-13-31/h8-19,35-40,57-59H,2-7,20-28H2,1H3,(H,51,60)(H,52,70)(H,53,71)(H,54,67)(H,55,68)(H,56,69)(H,61,62)(H,63,64)(H,65,66)(H,72,73)/t35-,36-,37-,38-,39-,40-/m0/s1. The second-order valence-electron chi connectivity index (χ2n) is 17.3. The Kier molecular flexibility index (Phi) is 24.7. The summed E-state index contributed by atoms with van der Waals surface area (Å²) in [4.78, 5) is 131. The van der Waals surface area contributed by atoms with E-state index in [1.54, 1.807) is 0 Å². The molecule has 23 heteroatoms. The van der Waals surface area contributed by atoms with Crippen LogP contribution in [0.3, 0.4) is 0 Å². The summed E-state index contributed by atoms with van der Waals surface area (Å²) < 4.78 is 0. The third kappa shape index (κ3) is 22.6. The van der Waals surface area contributed by atoms with Gasteiger partial charge in [-0.2, -0.15) is 0 Å². The van der Waals surface area contributed by atoms with Crippen LogP contribution in [0.2, 0.25) is 0 Å². The molecule has 396 valence electrons. The molecule has 3 aromatic rings. The molecule has 23 nitrogen and oxygen atoms in total. The Labute approximate surface area is 420 Å². The molecule has 3 rings (SSSR count). The molecule has 13 N–H and O–H groups in total. The summed E-state index contributed by atoms with van der Waals surface area (Å²) >= 11 is 0. The summed E-state index contributed by atoms with van der Waals surface area (Å²) in [6, 6.07) is 6.35. The fourth-order valence-electron chi connectivity index (χ4n) is 7.35. The number of phenolic OH excluding ortho intramolecular Hbond substituents is 3. The van der Waals surface area contributed by atoms with Crippen molar-refractivity contribution in [1.82, 2.24) is 31.9 Å². The molecule has 0 saturated carbocycles. The number of aromatic hydroxyl groups is 3. The minimum atomic E-state index is -1.77. The van der Waals surface area contributed by atoms with E-state index in [-0.39, 0.29) is 49.4 Å². The summed E-state index contributed by atoms with van der Waals surface area (Å²) in [6.45, 7) is 2.03. The van der Waals surface area contributed by atoms with Crippen LogP contribution in [-0.2, 0) is 67.2 Å². The third-order valence-corrected chi connectivity index (χ3v) is 11.4. The Morgan fingerprint density at radius 1 is 0.370 bits per heavy atom. The zero-order chi connectivity index (χ0) is 54.0. The molecule has 6 amide bonds. The summed E-state index contributed by atoms with van der Waals surface area (Å²) in [6.07, 6.45) is -0.402. The van der Waals surface area contributed by atoms with Crippen molar-refractivity contribution in [2.24, 2.45) is 0 Å². The molecular formula is C50H64N6O17. The Balaban J connectivity index is 1.97. The first-order chi connectivity index (χ1) is 34.6. The van der Waals surface area contributed by atoms with Gasteiger partial charge in [0, 0.05) is 44.9 Å². The second kappa shape index (κ2) is 30.5. The first-order valence-electron chi connectivity index (χ1n) is 23.7. The van der Waals surface area contributed by atoms with Crippen molar-refractivity contribution >= 4 is 59.3 Å². The molecule has 0 spiro atoms. The number of carboxylic acid groups (broad SMARTS) is 4. The van der Waals surface area contributed by atoms with Gasteiger partial charge < -0.3 is 67.6 Å². The van der Waals surface area contributed by atoms with Crippen LogP contribution in [0.15, 0.2) is 72.8 Å². The number of hydrogen-bond acceptors (Lipinski definition) is 13. The number of unbranched alkanes of at least 4 members (excludes halogenated alkanes) is 4. The number of phenols is 3. The number of amides is 6. The first-order valence-corrected chi connectivity index (χ1v) is 23.7. The van der Waals surface area contributed by atoms with Crippen LogP contribution in [0.25, 0.3) is 0 Å². The van der Waals surface area contributed by atoms with E-state index in [0.717, 1.165) is 25.7 Å². The largest absolute Gasteiger partial charge is 0.508 e. The first kappa shape index (κ1) is 59.1. The van der Waals surface area contributed by atoms with Gasteiger partial charge in [0.1, 0.15) is 53.5 Å². The van der Waals surface area contributed by atoms with Crippen LogP contribution in [0.4, 0.5) is 0 Å². The van der Waals surface area contributed by atoms with Gasteiger partial charge in [-0.3, -0.25) is 43.2 Å². The van der Waals surface area contributed by atoms with Crippen LogP contribution in [0.5, 0.6) is 17.2 Å². The molecule has 6 atom stereocenters. The molecule has 0 saturated heterocycles. The molecule has 3 aromatic carbocycles. The highest BCUT2D eigenvalue weighted by Gasteiger charge is 2.34. The van der Waals surface area contributed by atoms with Crippen molar-refractivity contribution in [2.45, 2.75) is 139 Å². The highest BCUT2D eigenvalue weighted by atomic mass is 16.4. The van der Waals surface area contributed by atoms with E-state index in [4.69, 9.17) is 0 Å². The van der Waals surface area contributed by atoms with E-state index in [2.05, 4.69) is 31.9 Å². The highest BCUT2D eigenvalue weighted by Crippen LogP contribution is 2.16. The summed E-state index contributed by atoms with van der Waals surface area (Å²) in [5.41, 5.74) is 1.07. The predicted molar refractivity (Wildman–Crippen MR) is 259 cm³/mol. The highest BCUT2D eigenvalue weighted by molar-refractivity contribution is 5.97. The molecule has 0 radical (unpaired) electrons. The number of carboxylic acids is 4. The third-order valence-electron chi connectivity index (χ3n) is 11.4. The van der Waals surface area contributed by atoms with Crippen LogP contribution in [-0.4, -0.2) is 131 Å². The van der Waals surface area contributed by atoms with Gasteiger partial charge in [0.2, 0.25) is 35.4 Å². The van der Waals surface area contributed by atoms with Crippen molar-refractivity contribution in [1.29, 1.82) is 0 Å². The Morgan fingerprint density at radius 2 is 0.658 bits per heavy atom. The molecule has 0 unspecified atom stereocenters. The Morgan fingerprint density at radius 3 is 0.986 bits per heavy atom. The topological polar surface area (TPSA) is 384 Å². The fraction of sp³-hybridized carbons (Fsp3) is 0.440. The Hall–Kier alpha value is -8.24. The molecule has 0 fully saturated rings. The zero-order valence-corrected chi connectivity index (χ0v) is 40.2. The lowest BCUT2D eigenvalue weighted by Gasteiger charge is -2.27. The van der Waals surface area contributed by atoms with E-state index in [1.165, 1.54) is 72.8 Å². The Bertz CT molecular complexity index is 2360. The zero-order valence-electron chi connectivity index (χ0n) is 40.2. The van der Waals surface area contributed by atoms with Gasteiger partial charge >= 0.3 is 23.9 Å². The van der Waals surface area contributed by atoms with E-state index in [1.807, 2.05) is 6.92 Å². The minimum Gasteiger partial charge on any atom is -0.508 e. The van der Waals surface area contributed by atoms with E-state index in [0.29, 0.717) is 23.1 Å². The molecule has 0 bridgehead atoms. The average Bonchev–Trinajstić information content (AvgIpc) is 3.33. The number of carbonyl (C=O) groups is 10. The maximum Gasteiger partial charge on any atom is 0.326 e. The number of benzene rings is 3. The SMILES string of the molecule is CCCCCCCC(=O)N[C@@H](CCC(=O)O)C(=O)N[C@@H](Cc1ccc(O)cc1)C(=O)N[C@@H](CCC(=O)O)C(=O)N[C@@H](Cc1ccc(O)cc1)C(=O)N[C@@H](CCC(=O)O)C(=O)N[C@@H](Cc1ccc(O)cc1)C(=O)O. The molecule has 0 aliphatic carbocycles. The fourth-order valence-corrected chi connectivity index (χ4v) is 7.35. The van der Waals surface area contributed by atoms with Crippen LogP contribution >= 0.6 is 0 Å². The maximum absolute atomic E-state index is 14.3. The lowest BCUT2D eigenvalue weighted by atomic mass is 10.0. The van der Waals surface area contributed by atoms with Crippen LogP contribution < -0.4 is 31.9 Å². The molecule has 0 aliphatic rings. The van der Waals surface area contributed by atoms with Gasteiger partial charge in [0.15, 0.2) is 0 Å². The van der Waals surface area contributed by atoms with Crippen molar-refractivity contribution < 1.29 is 83.7 Å². The van der Waals surface area contributed by atoms with Crippen LogP contribution in [0.1, 0.15) is 101 Å². The van der Waals surface area contributed by atoms with Crippen LogP contribution in [0, 0.1) is 0 Å². The average molecular weight is 1020 g/mol. The minimum absolute atomic E-state index is 0.0353. The summed E-state index contributed by atoms with van der Waals surface area (Å²) in [7, 11) is 0. The van der Waals surface area contributed by atoms with E-state index >= 15 is 0 Å². The van der Waals surface area contributed by atoms with Crippen molar-refractivity contribution in [2.75, 3.05) is 0 Å². The number of rotatable bonds is 33. The smallest absolute Gasteiger partial charge is 0.326 e. The molecule has 0 heterocycles. The molecular weight excluding hydrogens is 957 g/mol. The van der Waals surface area contributed by atoms with Gasteiger partial charge in [0.25, 0.3) is 0 Å². The molecule has 0 aromatic heterocycles. The van der Waals surface area contributed by atoms with Gasteiger partial charge in [-0.1, -0.05) is 69.0 Å². The van der Waals surface area contributed by atoms with Gasteiger partial charge in [-0.15, -0.1) is 0 Å². The lowest BCUT2D eigenvalue weighted by molar-refractivity contribution is -0.143. The quantitative estimate of drug-likeness (QED) is 0.0387. The van der Waals surface area contributed by atoms with E-state index in [9.17, 15) is 83.7 Å². The number of aliphatic carboxylic acids is 4. The monoisotopic (exact) mass is 1020 g/mol. The molecule has 73 heavy (non-hydrogen) atoms. The van der Waals surface area contributed by atoms with Gasteiger partial charge in [-0.05, 0) is 78.8 Å². The van der Waals surface area contributed by atoms with Crippen molar-refractivity contribution in [3.63, 3.8) is 0 Å². The number of nitrogens with one attached hydrogen (secondary N) is 6. The summed E-state index contributed by atoms with van der Waals surface area (Å²) in [5, 5.41) is 82.5. The van der Waals surface area contributed by atoms with Crippen molar-refractivity contribution in [3.05, 3.63) is 89.5 Å². The predicted octanol–water partition coefficient (Wildman–Crippen LogP) is 1.78. The number of carbonyl (C=O) groups excluding carboxylic acids is 6. The van der Waals surface area contributed by atoms with Gasteiger partial charge in [-0.25, -0.2) is 4.79 Å².